The van der Waals surface area contributed by atoms with E-state index in [0.29, 0.717) is 11.3 Å². The molecule has 2 N–H and O–H groups in total. The van der Waals surface area contributed by atoms with E-state index in [1.165, 1.54) is 6.08 Å². The van der Waals surface area contributed by atoms with Gasteiger partial charge in [-0.05, 0) is 31.5 Å². The molecule has 0 fully saturated rings. The smallest absolute Gasteiger partial charge is 0.251 e. The first-order valence-electron chi connectivity index (χ1n) is 6.02. The van der Waals surface area contributed by atoms with E-state index in [9.17, 15) is 9.59 Å². The van der Waals surface area contributed by atoms with Crippen molar-refractivity contribution in [3.8, 4) is 0 Å². The van der Waals surface area contributed by atoms with Gasteiger partial charge in [0.25, 0.3) is 5.91 Å². The molecule has 0 heterocycles. The SMILES string of the molecule is C/C=C/C=C/C(=O)Nc1cccc(C(=O)NC)c1C. The van der Waals surface area contributed by atoms with Crippen LogP contribution in [0.3, 0.4) is 0 Å². The minimum atomic E-state index is -0.227. The molecule has 0 unspecified atom stereocenters. The summed E-state index contributed by atoms with van der Waals surface area (Å²) in [5.74, 6) is -0.395. The molecular weight excluding hydrogens is 240 g/mol. The summed E-state index contributed by atoms with van der Waals surface area (Å²) in [5.41, 5.74) is 1.93. The Hall–Kier alpha value is -2.36. The van der Waals surface area contributed by atoms with Crippen LogP contribution in [0.1, 0.15) is 22.8 Å². The lowest BCUT2D eigenvalue weighted by Gasteiger charge is -2.10. The number of hydrogen-bond acceptors (Lipinski definition) is 2. The van der Waals surface area contributed by atoms with E-state index in [4.69, 9.17) is 0 Å². The predicted octanol–water partition coefficient (Wildman–Crippen LogP) is 2.43. The van der Waals surface area contributed by atoms with Gasteiger partial charge < -0.3 is 10.6 Å². The molecule has 0 radical (unpaired) electrons. The van der Waals surface area contributed by atoms with Crippen molar-refractivity contribution in [2.45, 2.75) is 13.8 Å². The van der Waals surface area contributed by atoms with E-state index in [-0.39, 0.29) is 11.8 Å². The van der Waals surface area contributed by atoms with Crippen molar-refractivity contribution < 1.29 is 9.59 Å². The average Bonchev–Trinajstić information content (AvgIpc) is 2.40. The third-order valence-electron chi connectivity index (χ3n) is 2.61. The molecule has 1 rings (SSSR count). The van der Waals surface area contributed by atoms with Crippen LogP contribution in [-0.2, 0) is 4.79 Å². The van der Waals surface area contributed by atoms with Gasteiger partial charge in [-0.25, -0.2) is 0 Å². The molecule has 0 aliphatic rings. The zero-order chi connectivity index (χ0) is 14.3. The van der Waals surface area contributed by atoms with Crippen LogP contribution in [0.4, 0.5) is 5.69 Å². The quantitative estimate of drug-likeness (QED) is 0.643. The highest BCUT2D eigenvalue weighted by atomic mass is 16.2. The van der Waals surface area contributed by atoms with Crippen LogP contribution in [0.25, 0.3) is 0 Å². The second-order valence-corrected chi connectivity index (χ2v) is 3.93. The van der Waals surface area contributed by atoms with E-state index in [1.807, 2.05) is 13.0 Å². The Morgan fingerprint density at radius 3 is 2.58 bits per heavy atom. The van der Waals surface area contributed by atoms with Gasteiger partial charge in [0.15, 0.2) is 0 Å². The number of anilines is 1. The minimum absolute atomic E-state index is 0.168. The number of nitrogens with one attached hydrogen (secondary N) is 2. The van der Waals surface area contributed by atoms with Gasteiger partial charge in [0.05, 0.1) is 0 Å². The van der Waals surface area contributed by atoms with Gasteiger partial charge in [-0.15, -0.1) is 0 Å². The number of carbonyl (C=O) groups is 2. The van der Waals surface area contributed by atoms with Crippen LogP contribution >= 0.6 is 0 Å². The topological polar surface area (TPSA) is 58.2 Å². The maximum Gasteiger partial charge on any atom is 0.251 e. The Morgan fingerprint density at radius 2 is 1.95 bits per heavy atom. The maximum absolute atomic E-state index is 11.7. The van der Waals surface area contributed by atoms with Crippen molar-refractivity contribution in [1.82, 2.24) is 5.32 Å². The van der Waals surface area contributed by atoms with E-state index < -0.39 is 0 Å². The summed E-state index contributed by atoms with van der Waals surface area (Å²) < 4.78 is 0. The van der Waals surface area contributed by atoms with Gasteiger partial charge in [0.2, 0.25) is 5.91 Å². The van der Waals surface area contributed by atoms with Crippen LogP contribution in [0.15, 0.2) is 42.5 Å². The summed E-state index contributed by atoms with van der Waals surface area (Å²) in [7, 11) is 1.58. The summed E-state index contributed by atoms with van der Waals surface area (Å²) in [6.07, 6.45) is 6.70. The molecule has 4 nitrogen and oxygen atoms in total. The van der Waals surface area contributed by atoms with Crippen molar-refractivity contribution in [3.05, 3.63) is 53.6 Å². The third-order valence-corrected chi connectivity index (χ3v) is 2.61. The van der Waals surface area contributed by atoms with Crippen LogP contribution in [-0.4, -0.2) is 18.9 Å². The Balaban J connectivity index is 2.90. The monoisotopic (exact) mass is 258 g/mol. The number of benzene rings is 1. The van der Waals surface area contributed by atoms with E-state index in [2.05, 4.69) is 10.6 Å². The largest absolute Gasteiger partial charge is 0.355 e. The zero-order valence-corrected chi connectivity index (χ0v) is 11.4. The van der Waals surface area contributed by atoms with Crippen LogP contribution in [0.2, 0.25) is 0 Å². The summed E-state index contributed by atoms with van der Waals surface area (Å²) in [6.45, 7) is 3.68. The third kappa shape index (κ3) is 4.10. The Morgan fingerprint density at radius 1 is 1.21 bits per heavy atom. The number of allylic oxidation sites excluding steroid dienone is 3. The summed E-state index contributed by atoms with van der Waals surface area (Å²) in [5, 5.41) is 5.32. The van der Waals surface area contributed by atoms with Crippen molar-refractivity contribution in [3.63, 3.8) is 0 Å². The van der Waals surface area contributed by atoms with Crippen LogP contribution < -0.4 is 10.6 Å². The van der Waals surface area contributed by atoms with Gasteiger partial charge in [-0.3, -0.25) is 9.59 Å². The number of carbonyl (C=O) groups excluding carboxylic acids is 2. The molecule has 0 aliphatic heterocycles. The fourth-order valence-electron chi connectivity index (χ4n) is 1.58. The van der Waals surface area contributed by atoms with Gasteiger partial charge in [0.1, 0.15) is 0 Å². The second kappa shape index (κ2) is 7.16. The van der Waals surface area contributed by atoms with Gasteiger partial charge in [-0.1, -0.05) is 24.3 Å². The van der Waals surface area contributed by atoms with E-state index >= 15 is 0 Å². The van der Waals surface area contributed by atoms with Crippen molar-refractivity contribution in [2.24, 2.45) is 0 Å². The van der Waals surface area contributed by atoms with Crippen molar-refractivity contribution in [1.29, 1.82) is 0 Å². The number of amides is 2. The lowest BCUT2D eigenvalue weighted by molar-refractivity contribution is -0.111. The molecule has 100 valence electrons. The summed E-state index contributed by atoms with van der Waals surface area (Å²) >= 11 is 0. The maximum atomic E-state index is 11.7. The first-order valence-corrected chi connectivity index (χ1v) is 6.02. The second-order valence-electron chi connectivity index (χ2n) is 3.93. The van der Waals surface area contributed by atoms with Gasteiger partial charge in [-0.2, -0.15) is 0 Å². The van der Waals surface area contributed by atoms with Crippen molar-refractivity contribution in [2.75, 3.05) is 12.4 Å². The highest BCUT2D eigenvalue weighted by Crippen LogP contribution is 2.18. The molecular formula is C15H18N2O2. The van der Waals surface area contributed by atoms with Crippen LogP contribution in [0.5, 0.6) is 0 Å². The molecule has 0 atom stereocenters. The average molecular weight is 258 g/mol. The first-order chi connectivity index (χ1) is 9.10. The molecule has 0 aromatic heterocycles. The highest BCUT2D eigenvalue weighted by molar-refractivity contribution is 6.02. The normalized spacial score (nSPS) is 10.9. The van der Waals surface area contributed by atoms with Crippen LogP contribution in [0, 0.1) is 6.92 Å². The number of hydrogen-bond donors (Lipinski definition) is 2. The molecule has 19 heavy (non-hydrogen) atoms. The molecule has 1 aromatic carbocycles. The van der Waals surface area contributed by atoms with Gasteiger partial charge in [0, 0.05) is 24.4 Å². The summed E-state index contributed by atoms with van der Waals surface area (Å²) in [6, 6.07) is 5.23. The fraction of sp³-hybridized carbons (Fsp3) is 0.200. The molecule has 1 aromatic rings. The molecule has 2 amide bonds. The summed E-state index contributed by atoms with van der Waals surface area (Å²) in [4.78, 5) is 23.3. The van der Waals surface area contributed by atoms with E-state index in [1.54, 1.807) is 44.3 Å². The molecule has 0 saturated carbocycles. The molecule has 0 aliphatic carbocycles. The van der Waals surface area contributed by atoms with E-state index in [0.717, 1.165) is 5.56 Å². The molecule has 0 spiro atoms. The zero-order valence-electron chi connectivity index (χ0n) is 11.4. The van der Waals surface area contributed by atoms with Crippen molar-refractivity contribution >= 4 is 17.5 Å². The highest BCUT2D eigenvalue weighted by Gasteiger charge is 2.10. The first kappa shape index (κ1) is 14.7. The predicted molar refractivity (Wildman–Crippen MR) is 77.2 cm³/mol. The molecule has 4 heteroatoms. The molecule has 0 saturated heterocycles. The number of rotatable bonds is 4. The minimum Gasteiger partial charge on any atom is -0.355 e. The Labute approximate surface area is 113 Å². The standard InChI is InChI=1S/C15H18N2O2/c1-4-5-6-10-14(18)17-13-9-7-8-12(11(13)2)15(19)16-3/h4-10H,1-3H3,(H,16,19)(H,17,18)/b5-4+,10-6+. The fourth-order valence-corrected chi connectivity index (χ4v) is 1.58. The lowest BCUT2D eigenvalue weighted by atomic mass is 10.1. The lowest BCUT2D eigenvalue weighted by Crippen LogP contribution is -2.20. The Bertz CT molecular complexity index is 531. The molecule has 0 bridgehead atoms. The Kier molecular flexibility index (Phi) is 5.54. The van der Waals surface area contributed by atoms with Gasteiger partial charge >= 0.3 is 0 Å².